The molecule has 3 atom stereocenters. The summed E-state index contributed by atoms with van der Waals surface area (Å²) in [5, 5.41) is 7.57. The van der Waals surface area contributed by atoms with E-state index in [4.69, 9.17) is 9.73 Å². The molecular formula is C46H34N4O. The Morgan fingerprint density at radius 1 is 0.529 bits per heavy atom. The fraction of sp³-hybridized carbons (Fsp3) is 0.0652. The van der Waals surface area contributed by atoms with Crippen LogP contribution >= 0.6 is 0 Å². The van der Waals surface area contributed by atoms with E-state index in [1.807, 2.05) is 6.07 Å². The van der Waals surface area contributed by atoms with E-state index < -0.39 is 0 Å². The fourth-order valence-corrected chi connectivity index (χ4v) is 7.68. The number of hydrogen-bond donors (Lipinski definition) is 2. The third kappa shape index (κ3) is 5.05. The third-order valence-corrected chi connectivity index (χ3v) is 10.2. The van der Waals surface area contributed by atoms with Crippen LogP contribution < -0.4 is 20.3 Å². The number of amidine groups is 1. The van der Waals surface area contributed by atoms with Gasteiger partial charge in [0.25, 0.3) is 0 Å². The van der Waals surface area contributed by atoms with Gasteiger partial charge in [-0.3, -0.25) is 4.90 Å². The third-order valence-electron chi connectivity index (χ3n) is 10.2. The smallest absolute Gasteiger partial charge is 0.196 e. The molecule has 7 aromatic rings. The molecule has 5 nitrogen and oxygen atoms in total. The van der Waals surface area contributed by atoms with Gasteiger partial charge in [0, 0.05) is 33.6 Å². The number of anilines is 3. The van der Waals surface area contributed by atoms with Crippen LogP contribution in [0.1, 0.15) is 46.3 Å². The molecule has 0 spiro atoms. The van der Waals surface area contributed by atoms with E-state index in [0.717, 1.165) is 56.5 Å². The van der Waals surface area contributed by atoms with E-state index in [0.29, 0.717) is 0 Å². The topological polar surface area (TPSA) is 48.9 Å². The first kappa shape index (κ1) is 29.3. The molecule has 0 saturated heterocycles. The van der Waals surface area contributed by atoms with E-state index in [2.05, 4.69) is 185 Å². The maximum atomic E-state index is 6.63. The second-order valence-corrected chi connectivity index (χ2v) is 13.2. The Balaban J connectivity index is 0.939. The molecule has 0 saturated carbocycles. The molecule has 244 valence electrons. The molecule has 0 amide bonds. The number of aliphatic imine (C=N–C) groups is 1. The predicted molar refractivity (Wildman–Crippen MR) is 207 cm³/mol. The zero-order valence-corrected chi connectivity index (χ0v) is 27.8. The summed E-state index contributed by atoms with van der Waals surface area (Å²) in [6, 6.07) is 62.0. The number of nitrogens with zero attached hydrogens (tertiary/aromatic N) is 2. The van der Waals surface area contributed by atoms with Crippen molar-refractivity contribution in [3.05, 3.63) is 204 Å². The largest absolute Gasteiger partial charge is 0.464 e. The van der Waals surface area contributed by atoms with Gasteiger partial charge in [0.2, 0.25) is 0 Å². The van der Waals surface area contributed by atoms with Crippen molar-refractivity contribution in [1.82, 2.24) is 0 Å². The van der Waals surface area contributed by atoms with Crippen LogP contribution in [0.3, 0.4) is 0 Å². The molecule has 0 aliphatic carbocycles. The highest BCUT2D eigenvalue weighted by Crippen LogP contribution is 2.53. The zero-order valence-electron chi connectivity index (χ0n) is 27.8. The lowest BCUT2D eigenvalue weighted by atomic mass is 9.85. The van der Waals surface area contributed by atoms with Crippen LogP contribution in [-0.4, -0.2) is 5.84 Å². The van der Waals surface area contributed by atoms with Crippen molar-refractivity contribution in [2.24, 2.45) is 4.99 Å². The van der Waals surface area contributed by atoms with Gasteiger partial charge in [-0.15, -0.1) is 0 Å². The molecule has 0 bridgehead atoms. The molecule has 0 radical (unpaired) electrons. The first-order chi connectivity index (χ1) is 25.3. The second kappa shape index (κ2) is 12.1. The molecule has 51 heavy (non-hydrogen) atoms. The van der Waals surface area contributed by atoms with Crippen molar-refractivity contribution in [3.63, 3.8) is 0 Å². The summed E-state index contributed by atoms with van der Waals surface area (Å²) in [5.41, 5.74) is 13.8. The minimum Gasteiger partial charge on any atom is -0.464 e. The molecule has 3 unspecified atom stereocenters. The van der Waals surface area contributed by atoms with Crippen molar-refractivity contribution in [1.29, 1.82) is 0 Å². The number of nitrogens with one attached hydrogen (secondary N) is 2. The predicted octanol–water partition coefficient (Wildman–Crippen LogP) is 11.0. The Bertz CT molecular complexity index is 2410. The summed E-state index contributed by atoms with van der Waals surface area (Å²) in [6.45, 7) is 0. The summed E-state index contributed by atoms with van der Waals surface area (Å²) < 4.78 is 6.63. The van der Waals surface area contributed by atoms with Crippen LogP contribution in [0.15, 0.2) is 181 Å². The number of para-hydroxylation sites is 2. The standard InChI is InChI=1S/C46H34N4O/c1-4-13-31(14-5-1)42-38-27-28-40-43(41(38)37-21-10-11-22-39(37)47-42)48-46(51-40)35-18-12-17-34(29-35)30-23-25-33(26-24-30)45-49-44(32-15-6-2-7-16-32)50(45)36-19-8-3-9-20-36/h1-29,42,45-48H. The number of fused-ring (bicyclic) bond motifs is 5. The van der Waals surface area contributed by atoms with Crippen molar-refractivity contribution in [2.45, 2.75) is 18.4 Å². The Hall–Kier alpha value is -6.59. The van der Waals surface area contributed by atoms with Crippen molar-refractivity contribution in [2.75, 3.05) is 15.5 Å². The lowest BCUT2D eigenvalue weighted by molar-refractivity contribution is 0.260. The molecule has 10 rings (SSSR count). The van der Waals surface area contributed by atoms with Gasteiger partial charge in [0.1, 0.15) is 11.6 Å². The van der Waals surface area contributed by atoms with Crippen LogP contribution in [0.25, 0.3) is 22.3 Å². The van der Waals surface area contributed by atoms with E-state index in [1.165, 1.54) is 22.3 Å². The summed E-state index contributed by atoms with van der Waals surface area (Å²) in [5.74, 6) is 1.86. The second-order valence-electron chi connectivity index (χ2n) is 13.2. The molecule has 0 fully saturated rings. The van der Waals surface area contributed by atoms with Crippen molar-refractivity contribution < 1.29 is 4.74 Å². The number of hydrogen-bond acceptors (Lipinski definition) is 5. The van der Waals surface area contributed by atoms with Gasteiger partial charge < -0.3 is 15.4 Å². The Morgan fingerprint density at radius 2 is 1.22 bits per heavy atom. The Morgan fingerprint density at radius 3 is 2.02 bits per heavy atom. The molecule has 3 aliphatic heterocycles. The number of rotatable bonds is 6. The van der Waals surface area contributed by atoms with Crippen LogP contribution in [0.2, 0.25) is 0 Å². The lowest BCUT2D eigenvalue weighted by Gasteiger charge is -2.40. The SMILES string of the molecule is c1ccc(C2=NC(c3ccc(-c4cccc(C5Nc6c(ccc7c6-c6ccccc6NC7c6ccccc6)O5)c4)cc3)N2c2ccccc2)cc1. The highest BCUT2D eigenvalue weighted by atomic mass is 16.5. The maximum absolute atomic E-state index is 6.63. The average molecular weight is 659 g/mol. The molecule has 0 aromatic heterocycles. The van der Waals surface area contributed by atoms with E-state index in [1.54, 1.807) is 0 Å². The molecular weight excluding hydrogens is 625 g/mol. The first-order valence-corrected chi connectivity index (χ1v) is 17.5. The summed E-state index contributed by atoms with van der Waals surface area (Å²) in [4.78, 5) is 7.41. The summed E-state index contributed by atoms with van der Waals surface area (Å²) >= 11 is 0. The Labute approximate surface area is 297 Å². The average Bonchev–Trinajstić information content (AvgIpc) is 3.64. The van der Waals surface area contributed by atoms with Gasteiger partial charge in [0.05, 0.1) is 11.7 Å². The number of ether oxygens (including phenoxy) is 1. The fourth-order valence-electron chi connectivity index (χ4n) is 7.68. The lowest BCUT2D eigenvalue weighted by Crippen LogP contribution is -2.43. The van der Waals surface area contributed by atoms with Gasteiger partial charge in [-0.1, -0.05) is 146 Å². The number of benzene rings is 7. The summed E-state index contributed by atoms with van der Waals surface area (Å²) in [6.07, 6.45) is -0.381. The van der Waals surface area contributed by atoms with Crippen LogP contribution in [-0.2, 0) is 0 Å². The van der Waals surface area contributed by atoms with E-state index >= 15 is 0 Å². The van der Waals surface area contributed by atoms with Crippen LogP contribution in [0, 0.1) is 0 Å². The molecule has 2 N–H and O–H groups in total. The first-order valence-electron chi connectivity index (χ1n) is 17.5. The van der Waals surface area contributed by atoms with E-state index in [9.17, 15) is 0 Å². The minimum absolute atomic E-state index is 0.0453. The van der Waals surface area contributed by atoms with Gasteiger partial charge >= 0.3 is 0 Å². The molecule has 3 heterocycles. The molecule has 7 aromatic carbocycles. The minimum atomic E-state index is -0.303. The highest BCUT2D eigenvalue weighted by Gasteiger charge is 2.35. The molecule has 3 aliphatic rings. The quantitative estimate of drug-likeness (QED) is 0.187. The van der Waals surface area contributed by atoms with Crippen LogP contribution in [0.5, 0.6) is 5.75 Å². The van der Waals surface area contributed by atoms with Gasteiger partial charge in [-0.05, 0) is 58.1 Å². The van der Waals surface area contributed by atoms with Crippen LogP contribution in [0.4, 0.5) is 17.1 Å². The van der Waals surface area contributed by atoms with Crippen molar-refractivity contribution >= 4 is 22.9 Å². The Kier molecular flexibility index (Phi) is 6.95. The highest BCUT2D eigenvalue weighted by molar-refractivity contribution is 6.14. The molecule has 5 heteroatoms. The monoisotopic (exact) mass is 658 g/mol. The van der Waals surface area contributed by atoms with E-state index in [-0.39, 0.29) is 18.4 Å². The van der Waals surface area contributed by atoms with Crippen molar-refractivity contribution in [3.8, 4) is 28.0 Å². The van der Waals surface area contributed by atoms with Gasteiger partial charge in [0.15, 0.2) is 12.4 Å². The zero-order chi connectivity index (χ0) is 33.7. The van der Waals surface area contributed by atoms with Gasteiger partial charge in [-0.2, -0.15) is 0 Å². The maximum Gasteiger partial charge on any atom is 0.196 e. The normalized spacial score (nSPS) is 18.2. The van der Waals surface area contributed by atoms with Gasteiger partial charge in [-0.25, -0.2) is 4.99 Å². The summed E-state index contributed by atoms with van der Waals surface area (Å²) in [7, 11) is 0.